The topological polar surface area (TPSA) is 3.88 Å². The van der Waals surface area contributed by atoms with E-state index in [2.05, 4.69) is 0 Å². The monoisotopic (exact) mass is 337 g/mol. The maximum atomic E-state index is 8.53. The third kappa shape index (κ3) is 3.24. The van der Waals surface area contributed by atoms with Crippen LogP contribution in [0.1, 0.15) is 51.6 Å². The Hall–Kier alpha value is -2.41. The van der Waals surface area contributed by atoms with Gasteiger partial charge >= 0.3 is 0 Å². The van der Waals surface area contributed by atoms with Crippen molar-refractivity contribution in [2.24, 2.45) is 7.05 Å². The van der Waals surface area contributed by atoms with Crippen LogP contribution in [-0.2, 0) is 7.05 Å². The molecule has 128 valence electrons. The lowest BCUT2D eigenvalue weighted by atomic mass is 9.91. The largest absolute Gasteiger partial charge is 0.212 e. The molecule has 2 aromatic carbocycles. The molecule has 1 heteroatoms. The van der Waals surface area contributed by atoms with Crippen molar-refractivity contribution in [2.75, 3.05) is 0 Å². The molecule has 1 heterocycles. The van der Waals surface area contributed by atoms with E-state index in [0.717, 1.165) is 22.4 Å². The Morgan fingerprint density at radius 3 is 2.32 bits per heavy atom. The highest BCUT2D eigenvalue weighted by atomic mass is 14.9. The molecule has 0 radical (unpaired) electrons. The first kappa shape index (κ1) is 10.6. The summed E-state index contributed by atoms with van der Waals surface area (Å²) in [5.41, 5.74) is 4.84. The second kappa shape index (κ2) is 6.84. The van der Waals surface area contributed by atoms with Crippen LogP contribution in [0.5, 0.6) is 0 Å². The summed E-state index contributed by atoms with van der Waals surface area (Å²) in [7, 11) is 1.79. The van der Waals surface area contributed by atoms with Gasteiger partial charge in [0.2, 0.25) is 5.69 Å². The number of aryl methyl sites for hydroxylation is 3. The summed E-state index contributed by atoms with van der Waals surface area (Å²) >= 11 is 0. The zero-order valence-electron chi connectivity index (χ0n) is 22.1. The lowest BCUT2D eigenvalue weighted by Gasteiger charge is -2.15. The van der Waals surface area contributed by atoms with E-state index in [-0.39, 0.29) is 11.1 Å². The van der Waals surface area contributed by atoms with Crippen LogP contribution in [-0.4, -0.2) is 0 Å². The molecular formula is C24H28N+. The highest BCUT2D eigenvalue weighted by molar-refractivity contribution is 5.77. The highest BCUT2D eigenvalue weighted by Crippen LogP contribution is 2.33. The predicted octanol–water partition coefficient (Wildman–Crippen LogP) is 5.89. The Bertz CT molecular complexity index is 1150. The van der Waals surface area contributed by atoms with Crippen LogP contribution < -0.4 is 4.57 Å². The molecular weight excluding hydrogens is 302 g/mol. The van der Waals surface area contributed by atoms with E-state index in [0.29, 0.717) is 11.1 Å². The van der Waals surface area contributed by atoms with Gasteiger partial charge in [-0.2, -0.15) is 0 Å². The van der Waals surface area contributed by atoms with E-state index in [4.69, 9.17) is 9.60 Å². The van der Waals surface area contributed by atoms with Crippen molar-refractivity contribution in [1.29, 1.82) is 0 Å². The molecule has 0 bridgehead atoms. The zero-order chi connectivity index (χ0) is 24.1. The van der Waals surface area contributed by atoms with E-state index in [9.17, 15) is 0 Å². The normalized spacial score (nSPS) is 16.7. The minimum atomic E-state index is -2.33. The van der Waals surface area contributed by atoms with Gasteiger partial charge in [-0.05, 0) is 60.4 Å². The molecule has 0 N–H and O–H groups in total. The molecule has 0 spiro atoms. The third-order valence-corrected chi connectivity index (χ3v) is 4.64. The lowest BCUT2D eigenvalue weighted by molar-refractivity contribution is -0.660. The fourth-order valence-electron chi connectivity index (χ4n) is 3.25. The Morgan fingerprint density at radius 1 is 0.920 bits per heavy atom. The van der Waals surface area contributed by atoms with Crippen LogP contribution in [0.2, 0.25) is 0 Å². The van der Waals surface area contributed by atoms with Crippen molar-refractivity contribution >= 4 is 0 Å². The van der Waals surface area contributed by atoms with Crippen LogP contribution in [0.15, 0.2) is 54.7 Å². The third-order valence-electron chi connectivity index (χ3n) is 4.64. The number of hydrogen-bond acceptors (Lipinski definition) is 0. The van der Waals surface area contributed by atoms with E-state index < -0.39 is 19.6 Å². The van der Waals surface area contributed by atoms with Crippen LogP contribution in [0.3, 0.4) is 0 Å². The zero-order valence-corrected chi connectivity index (χ0v) is 15.1. The van der Waals surface area contributed by atoms with E-state index in [1.165, 1.54) is 0 Å². The Morgan fingerprint density at radius 2 is 1.60 bits per heavy atom. The summed E-state index contributed by atoms with van der Waals surface area (Å²) in [4.78, 5) is 0. The minimum absolute atomic E-state index is 0.158. The van der Waals surface area contributed by atoms with Gasteiger partial charge in [0.1, 0.15) is 7.05 Å². The van der Waals surface area contributed by atoms with Gasteiger partial charge < -0.3 is 0 Å². The molecule has 1 nitrogen and oxygen atoms in total. The number of pyridine rings is 1. The first-order valence-electron chi connectivity index (χ1n) is 11.9. The van der Waals surface area contributed by atoms with Gasteiger partial charge in [0.15, 0.2) is 6.20 Å². The standard InChI is InChI=1S/C24H28N/c1-16(2)23-14-24(25(6)15-18(23)4)22-13-9-12-21(19(22)5)20-11-8-7-10-17(20)3/h7-16H,1-6H3/q+1/i3D3,4D3,16D. The second-order valence-electron chi connectivity index (χ2n) is 6.62. The Kier molecular flexibility index (Phi) is 2.89. The van der Waals surface area contributed by atoms with Crippen LogP contribution in [0, 0.1) is 20.6 Å². The number of benzene rings is 2. The Balaban J connectivity index is 2.29. The number of rotatable bonds is 3. The van der Waals surface area contributed by atoms with Gasteiger partial charge in [0, 0.05) is 26.8 Å². The number of hydrogen-bond donors (Lipinski definition) is 0. The van der Waals surface area contributed by atoms with Crippen molar-refractivity contribution in [2.45, 2.75) is 40.4 Å². The van der Waals surface area contributed by atoms with Crippen molar-refractivity contribution in [3.05, 3.63) is 77.0 Å². The molecule has 0 saturated carbocycles. The summed E-state index contributed by atoms with van der Waals surface area (Å²) in [5.74, 6) is -1.11. The fraction of sp³-hybridized carbons (Fsp3) is 0.292. The number of aromatic nitrogens is 1. The summed E-state index contributed by atoms with van der Waals surface area (Å²) in [5, 5.41) is 0. The summed E-state index contributed by atoms with van der Waals surface area (Å²) in [6.45, 7) is 0.714. The van der Waals surface area contributed by atoms with Gasteiger partial charge in [-0.3, -0.25) is 0 Å². The van der Waals surface area contributed by atoms with Gasteiger partial charge in [0.25, 0.3) is 0 Å². The molecule has 0 aliphatic carbocycles. The van der Waals surface area contributed by atoms with Crippen LogP contribution in [0.4, 0.5) is 0 Å². The predicted molar refractivity (Wildman–Crippen MR) is 107 cm³/mol. The molecule has 0 saturated heterocycles. The van der Waals surface area contributed by atoms with Gasteiger partial charge in [0.05, 0.1) is 0 Å². The SMILES string of the molecule is [2H]C([2H])([2H])c1ccccc1-c1cccc(-c2cc(C([2H])(C)C)c(C([2H])([2H])[2H])c[n+]2C)c1C. The maximum Gasteiger partial charge on any atom is 0.212 e. The van der Waals surface area contributed by atoms with Gasteiger partial charge in [-0.1, -0.05) is 50.2 Å². The van der Waals surface area contributed by atoms with Crippen molar-refractivity contribution < 1.29 is 14.2 Å². The van der Waals surface area contributed by atoms with Crippen molar-refractivity contribution in [3.8, 4) is 22.4 Å². The molecule has 0 aliphatic heterocycles. The van der Waals surface area contributed by atoms with E-state index in [1.807, 2.05) is 37.3 Å². The molecule has 0 aliphatic rings. The average molecular weight is 338 g/mol. The Labute approximate surface area is 161 Å². The molecule has 0 fully saturated rings. The van der Waals surface area contributed by atoms with Gasteiger partial charge in [-0.15, -0.1) is 0 Å². The quantitative estimate of drug-likeness (QED) is 0.524. The fourth-order valence-corrected chi connectivity index (χ4v) is 3.25. The maximum absolute atomic E-state index is 8.53. The number of nitrogens with zero attached hydrogens (tertiary/aromatic N) is 1. The molecule has 0 amide bonds. The lowest BCUT2D eigenvalue weighted by Crippen LogP contribution is -2.32. The smallest absolute Gasteiger partial charge is 0.201 e. The van der Waals surface area contributed by atoms with Crippen molar-refractivity contribution in [3.63, 3.8) is 0 Å². The summed E-state index contributed by atoms with van der Waals surface area (Å²) in [6, 6.07) is 14.5. The van der Waals surface area contributed by atoms with Crippen molar-refractivity contribution in [1.82, 2.24) is 0 Å². The average Bonchev–Trinajstić information content (AvgIpc) is 2.66. The van der Waals surface area contributed by atoms with Gasteiger partial charge in [-0.25, -0.2) is 4.57 Å². The highest BCUT2D eigenvalue weighted by Gasteiger charge is 2.19. The van der Waals surface area contributed by atoms with E-state index in [1.54, 1.807) is 49.9 Å². The van der Waals surface area contributed by atoms with E-state index >= 15 is 0 Å². The minimum Gasteiger partial charge on any atom is -0.201 e. The molecule has 0 unspecified atom stereocenters. The molecule has 0 atom stereocenters. The summed E-state index contributed by atoms with van der Waals surface area (Å²) in [6.07, 6.45) is 1.58. The van der Waals surface area contributed by atoms with Crippen LogP contribution >= 0.6 is 0 Å². The molecule has 1 aromatic heterocycles. The second-order valence-corrected chi connectivity index (χ2v) is 6.62. The van der Waals surface area contributed by atoms with Crippen LogP contribution in [0.25, 0.3) is 22.4 Å². The molecule has 3 rings (SSSR count). The first-order chi connectivity index (χ1) is 14.6. The first-order valence-corrected chi connectivity index (χ1v) is 8.37. The molecule has 25 heavy (non-hydrogen) atoms. The molecule has 3 aromatic rings. The summed E-state index contributed by atoms with van der Waals surface area (Å²) < 4.78 is 57.8.